The molecule has 1 aromatic rings. The Morgan fingerprint density at radius 3 is 2.55 bits per heavy atom. The Morgan fingerprint density at radius 1 is 1.45 bits per heavy atom. The van der Waals surface area contributed by atoms with Gasteiger partial charge in [0.15, 0.2) is 0 Å². The molecule has 11 heavy (non-hydrogen) atoms. The van der Waals surface area contributed by atoms with E-state index < -0.39 is 5.82 Å². The van der Waals surface area contributed by atoms with Crippen LogP contribution >= 0.6 is 0 Å². The van der Waals surface area contributed by atoms with Gasteiger partial charge in [0.05, 0.1) is 17.4 Å². The summed E-state index contributed by atoms with van der Waals surface area (Å²) in [6, 6.07) is 5.97. The van der Waals surface area contributed by atoms with Crippen LogP contribution in [0.15, 0.2) is 18.2 Å². The van der Waals surface area contributed by atoms with Crippen molar-refractivity contribution in [3.05, 3.63) is 42.1 Å². The van der Waals surface area contributed by atoms with Crippen molar-refractivity contribution < 1.29 is 37.1 Å². The molecule has 1 rings (SSSR count). The molecule has 0 amide bonds. The first kappa shape index (κ1) is 10.6. The van der Waals surface area contributed by atoms with Crippen molar-refractivity contribution in [1.29, 1.82) is 5.26 Å². The number of nitrogens with zero attached hydrogens (tertiary/aromatic N) is 1. The zero-order valence-corrected chi connectivity index (χ0v) is 8.68. The standard InChI is InChI=1S/C8H5FN.Y/c1-6-2-3-7(5-10)8(9)4-6;/h2-4H,1H2;/q-1;. The summed E-state index contributed by atoms with van der Waals surface area (Å²) in [7, 11) is 0. The molecule has 0 spiro atoms. The predicted octanol–water partition coefficient (Wildman–Crippen LogP) is 1.88. The third kappa shape index (κ3) is 2.61. The normalized spacial score (nSPS) is 8.00. The van der Waals surface area contributed by atoms with Crippen molar-refractivity contribution in [2.24, 2.45) is 0 Å². The zero-order chi connectivity index (χ0) is 7.56. The zero-order valence-electron chi connectivity index (χ0n) is 5.84. The SMILES string of the molecule is [CH2-]c1ccc(C#N)c(F)c1.[Y]. The second-order valence-corrected chi connectivity index (χ2v) is 1.93. The van der Waals surface area contributed by atoms with Crippen LogP contribution in [0.5, 0.6) is 0 Å². The van der Waals surface area contributed by atoms with Crippen molar-refractivity contribution in [1.82, 2.24) is 0 Å². The molecule has 0 heterocycles. The fraction of sp³-hybridized carbons (Fsp3) is 0. The van der Waals surface area contributed by atoms with Gasteiger partial charge in [-0.25, -0.2) is 4.39 Å². The molecule has 0 saturated carbocycles. The fourth-order valence-corrected chi connectivity index (χ4v) is 0.649. The smallest absolute Gasteiger partial charge is 0.0999 e. The molecule has 3 heteroatoms. The number of halogens is 1. The van der Waals surface area contributed by atoms with Crippen LogP contribution in [0.4, 0.5) is 4.39 Å². The number of hydrogen-bond acceptors (Lipinski definition) is 1. The molecule has 0 unspecified atom stereocenters. The van der Waals surface area contributed by atoms with Crippen molar-refractivity contribution >= 4 is 0 Å². The van der Waals surface area contributed by atoms with Crippen LogP contribution in [0.1, 0.15) is 11.1 Å². The summed E-state index contributed by atoms with van der Waals surface area (Å²) in [5.74, 6) is -0.505. The van der Waals surface area contributed by atoms with Gasteiger partial charge in [-0.15, -0.1) is 6.07 Å². The van der Waals surface area contributed by atoms with E-state index in [1.807, 2.05) is 0 Å². The molecular weight excluding hydrogens is 218 g/mol. The molecule has 0 aliphatic carbocycles. The van der Waals surface area contributed by atoms with E-state index in [2.05, 4.69) is 6.92 Å². The average Bonchev–Trinajstić information content (AvgIpc) is 1.88. The summed E-state index contributed by atoms with van der Waals surface area (Å²) < 4.78 is 12.6. The van der Waals surface area contributed by atoms with E-state index >= 15 is 0 Å². The van der Waals surface area contributed by atoms with Gasteiger partial charge in [-0.3, -0.25) is 0 Å². The minimum atomic E-state index is -0.505. The van der Waals surface area contributed by atoms with Gasteiger partial charge in [0.25, 0.3) is 0 Å². The van der Waals surface area contributed by atoms with Gasteiger partial charge < -0.3 is 0 Å². The summed E-state index contributed by atoms with van der Waals surface area (Å²) in [4.78, 5) is 0. The first-order chi connectivity index (χ1) is 4.74. The van der Waals surface area contributed by atoms with E-state index in [-0.39, 0.29) is 38.3 Å². The topological polar surface area (TPSA) is 23.8 Å². The molecule has 0 bridgehead atoms. The van der Waals surface area contributed by atoms with E-state index in [1.165, 1.54) is 12.1 Å². The van der Waals surface area contributed by atoms with Crippen LogP contribution in [0.25, 0.3) is 0 Å². The quantitative estimate of drug-likeness (QED) is 0.616. The van der Waals surface area contributed by atoms with Crippen LogP contribution in [-0.4, -0.2) is 0 Å². The first-order valence-electron chi connectivity index (χ1n) is 2.75. The molecule has 1 radical (unpaired) electrons. The number of hydrogen-bond donors (Lipinski definition) is 0. The van der Waals surface area contributed by atoms with Gasteiger partial charge in [0, 0.05) is 32.7 Å². The van der Waals surface area contributed by atoms with E-state index in [9.17, 15) is 4.39 Å². The van der Waals surface area contributed by atoms with Gasteiger partial charge in [0.2, 0.25) is 0 Å². The van der Waals surface area contributed by atoms with Crippen LogP contribution in [0, 0.1) is 24.1 Å². The molecule has 0 aromatic heterocycles. The van der Waals surface area contributed by atoms with E-state index in [0.29, 0.717) is 5.56 Å². The first-order valence-corrected chi connectivity index (χ1v) is 2.75. The largest absolute Gasteiger partial charge is 0.220 e. The number of nitriles is 1. The van der Waals surface area contributed by atoms with Crippen molar-refractivity contribution in [3.8, 4) is 6.07 Å². The maximum absolute atomic E-state index is 12.6. The Kier molecular flexibility index (Phi) is 4.33. The summed E-state index contributed by atoms with van der Waals surface area (Å²) in [6.07, 6.45) is 0. The Hall–Kier alpha value is -0.386. The molecule has 0 aliphatic rings. The van der Waals surface area contributed by atoms with Crippen molar-refractivity contribution in [2.75, 3.05) is 0 Å². The Balaban J connectivity index is 0.000001000. The second kappa shape index (κ2) is 4.48. The Morgan fingerprint density at radius 2 is 2.09 bits per heavy atom. The van der Waals surface area contributed by atoms with Crippen LogP contribution in [0.3, 0.4) is 0 Å². The minimum absolute atomic E-state index is 0. The van der Waals surface area contributed by atoms with E-state index in [4.69, 9.17) is 5.26 Å². The molecule has 53 valence electrons. The minimum Gasteiger partial charge on any atom is -0.220 e. The maximum atomic E-state index is 12.6. The van der Waals surface area contributed by atoms with Crippen molar-refractivity contribution in [2.45, 2.75) is 0 Å². The van der Waals surface area contributed by atoms with Gasteiger partial charge in [0.1, 0.15) is 0 Å². The van der Waals surface area contributed by atoms with Gasteiger partial charge in [-0.05, 0) is 0 Å². The monoisotopic (exact) mass is 223 g/mol. The Labute approximate surface area is 90.1 Å². The summed E-state index contributed by atoms with van der Waals surface area (Å²) in [5, 5.41) is 8.30. The number of benzene rings is 1. The predicted molar refractivity (Wildman–Crippen MR) is 35.6 cm³/mol. The molecule has 0 saturated heterocycles. The molecular formula is C8H5FNY-. The summed E-state index contributed by atoms with van der Waals surface area (Å²) in [5.41, 5.74) is 0.643. The molecule has 1 aromatic carbocycles. The second-order valence-electron chi connectivity index (χ2n) is 1.93. The van der Waals surface area contributed by atoms with Crippen LogP contribution < -0.4 is 0 Å². The Bertz CT molecular complexity index is 291. The van der Waals surface area contributed by atoms with Crippen molar-refractivity contribution in [3.63, 3.8) is 0 Å². The maximum Gasteiger partial charge on any atom is 0.0999 e. The molecule has 0 N–H and O–H groups in total. The van der Waals surface area contributed by atoms with E-state index in [1.54, 1.807) is 12.1 Å². The average molecular weight is 223 g/mol. The molecule has 0 aliphatic heterocycles. The van der Waals surface area contributed by atoms with Gasteiger partial charge in [-0.2, -0.15) is 23.8 Å². The molecule has 0 fully saturated rings. The molecule has 1 nitrogen and oxygen atoms in total. The third-order valence-electron chi connectivity index (χ3n) is 1.15. The van der Waals surface area contributed by atoms with Crippen LogP contribution in [0.2, 0.25) is 0 Å². The fourth-order valence-electron chi connectivity index (χ4n) is 0.649. The van der Waals surface area contributed by atoms with Crippen LogP contribution in [-0.2, 0) is 32.7 Å². The summed E-state index contributed by atoms with van der Waals surface area (Å²) in [6.45, 7) is 3.51. The van der Waals surface area contributed by atoms with Gasteiger partial charge in [-0.1, -0.05) is 6.07 Å². The number of rotatable bonds is 0. The van der Waals surface area contributed by atoms with E-state index in [0.717, 1.165) is 0 Å². The third-order valence-corrected chi connectivity index (χ3v) is 1.15. The summed E-state index contributed by atoms with van der Waals surface area (Å²) >= 11 is 0. The van der Waals surface area contributed by atoms with Gasteiger partial charge >= 0.3 is 0 Å². The molecule has 0 atom stereocenters.